The summed E-state index contributed by atoms with van der Waals surface area (Å²) in [7, 11) is 0. The highest BCUT2D eigenvalue weighted by molar-refractivity contribution is 6.29. The molecule has 0 aliphatic heterocycles. The van der Waals surface area contributed by atoms with E-state index in [0.29, 0.717) is 17.2 Å². The van der Waals surface area contributed by atoms with Gasteiger partial charge in [0.25, 0.3) is 5.91 Å². The third kappa shape index (κ3) is 5.27. The smallest absolute Gasteiger partial charge is 0.255 e. The lowest BCUT2D eigenvalue weighted by molar-refractivity contribution is -0.00177. The number of anilines is 3. The van der Waals surface area contributed by atoms with Crippen LogP contribution < -0.4 is 16.4 Å². The molecule has 134 valence electrons. The normalized spacial score (nSPS) is 12.5. The van der Waals surface area contributed by atoms with Crippen LogP contribution in [-0.2, 0) is 0 Å². The molecule has 1 atom stereocenters. The molecule has 2 heterocycles. The van der Waals surface area contributed by atoms with Crippen LogP contribution >= 0.6 is 11.6 Å². The van der Waals surface area contributed by atoms with Gasteiger partial charge in [-0.05, 0) is 32.0 Å². The van der Waals surface area contributed by atoms with Crippen LogP contribution in [0.1, 0.15) is 24.2 Å². The highest BCUT2D eigenvalue weighted by Crippen LogP contribution is 2.23. The average molecular weight is 368 g/mol. The van der Waals surface area contributed by atoms with E-state index in [9.17, 15) is 14.3 Å². The van der Waals surface area contributed by atoms with E-state index in [1.165, 1.54) is 32.3 Å². The van der Waals surface area contributed by atoms with Crippen molar-refractivity contribution in [2.24, 2.45) is 0 Å². The molecule has 0 aromatic carbocycles. The standard InChI is InChI=1S/C16H19ClFN5O2/c1-16(2,25)12(18)8-22-15(24)10-7-20-13(17)5-11(10)23-9-3-4-14(19)21-6-9/h3-7,12,25H,8H2,1-2H3,(H2,19,21)(H,20,23)(H,22,24). The Morgan fingerprint density at radius 3 is 2.72 bits per heavy atom. The predicted octanol–water partition coefficient (Wildman–Crippen LogP) is 2.29. The zero-order chi connectivity index (χ0) is 18.6. The number of hydrogen-bond donors (Lipinski definition) is 4. The molecule has 25 heavy (non-hydrogen) atoms. The fourth-order valence-corrected chi connectivity index (χ4v) is 2.03. The van der Waals surface area contributed by atoms with Crippen LogP contribution in [0.15, 0.2) is 30.6 Å². The van der Waals surface area contributed by atoms with Gasteiger partial charge < -0.3 is 21.5 Å². The predicted molar refractivity (Wildman–Crippen MR) is 94.7 cm³/mol. The van der Waals surface area contributed by atoms with Crippen molar-refractivity contribution in [1.29, 1.82) is 0 Å². The summed E-state index contributed by atoms with van der Waals surface area (Å²) in [6.07, 6.45) is 1.16. The number of nitrogen functional groups attached to an aromatic ring is 1. The second kappa shape index (κ2) is 7.62. The van der Waals surface area contributed by atoms with Crippen LogP contribution in [0.5, 0.6) is 0 Å². The number of hydrogen-bond acceptors (Lipinski definition) is 6. The van der Waals surface area contributed by atoms with Crippen LogP contribution in [0.4, 0.5) is 21.6 Å². The Bertz CT molecular complexity index is 749. The van der Waals surface area contributed by atoms with Gasteiger partial charge in [-0.15, -0.1) is 0 Å². The summed E-state index contributed by atoms with van der Waals surface area (Å²) < 4.78 is 13.8. The maximum atomic E-state index is 13.8. The molecule has 1 unspecified atom stereocenters. The summed E-state index contributed by atoms with van der Waals surface area (Å²) in [5.41, 5.74) is 5.12. The summed E-state index contributed by atoms with van der Waals surface area (Å²) in [6.45, 7) is 2.32. The topological polar surface area (TPSA) is 113 Å². The molecule has 0 aliphatic carbocycles. The van der Waals surface area contributed by atoms with Gasteiger partial charge in [0.15, 0.2) is 0 Å². The van der Waals surface area contributed by atoms with Gasteiger partial charge in [0, 0.05) is 6.20 Å². The minimum absolute atomic E-state index is 0.171. The third-order valence-electron chi connectivity index (χ3n) is 3.39. The molecule has 0 aliphatic rings. The fourth-order valence-electron chi connectivity index (χ4n) is 1.88. The largest absolute Gasteiger partial charge is 0.387 e. The van der Waals surface area contributed by atoms with Crippen molar-refractivity contribution in [1.82, 2.24) is 15.3 Å². The van der Waals surface area contributed by atoms with E-state index < -0.39 is 17.7 Å². The van der Waals surface area contributed by atoms with Crippen LogP contribution in [0.2, 0.25) is 5.15 Å². The van der Waals surface area contributed by atoms with E-state index in [4.69, 9.17) is 17.3 Å². The molecule has 2 aromatic heterocycles. The number of amides is 1. The number of carbonyl (C=O) groups excluding carboxylic acids is 1. The monoisotopic (exact) mass is 367 g/mol. The number of nitrogens with zero attached hydrogens (tertiary/aromatic N) is 2. The molecule has 0 fully saturated rings. The molecule has 0 saturated carbocycles. The SMILES string of the molecule is CC(C)(O)C(F)CNC(=O)c1cnc(Cl)cc1Nc1ccc(N)nc1. The Labute approximate surface area is 149 Å². The summed E-state index contributed by atoms with van der Waals surface area (Å²) in [5, 5.41) is 15.2. The van der Waals surface area contributed by atoms with Crippen molar-refractivity contribution >= 4 is 34.7 Å². The Kier molecular flexibility index (Phi) is 5.76. The van der Waals surface area contributed by atoms with Gasteiger partial charge in [0.2, 0.25) is 0 Å². The summed E-state index contributed by atoms with van der Waals surface area (Å²) in [6, 6.07) is 4.75. The summed E-state index contributed by atoms with van der Waals surface area (Å²) in [4.78, 5) is 20.2. The van der Waals surface area contributed by atoms with Gasteiger partial charge in [-0.3, -0.25) is 4.79 Å². The highest BCUT2D eigenvalue weighted by atomic mass is 35.5. The van der Waals surface area contributed by atoms with Gasteiger partial charge in [-0.2, -0.15) is 0 Å². The molecule has 9 heteroatoms. The van der Waals surface area contributed by atoms with Crippen molar-refractivity contribution in [3.63, 3.8) is 0 Å². The Morgan fingerprint density at radius 2 is 2.12 bits per heavy atom. The summed E-state index contributed by atoms with van der Waals surface area (Å²) >= 11 is 5.89. The average Bonchev–Trinajstić information content (AvgIpc) is 2.53. The molecule has 1 amide bonds. The molecule has 0 bridgehead atoms. The first kappa shape index (κ1) is 18.9. The van der Waals surface area contributed by atoms with Crippen molar-refractivity contribution < 1.29 is 14.3 Å². The molecule has 2 rings (SSSR count). The minimum atomic E-state index is -1.62. The van der Waals surface area contributed by atoms with Crippen molar-refractivity contribution in [2.45, 2.75) is 25.6 Å². The maximum Gasteiger partial charge on any atom is 0.255 e. The van der Waals surface area contributed by atoms with Gasteiger partial charge in [-0.1, -0.05) is 11.6 Å². The first-order chi connectivity index (χ1) is 11.7. The van der Waals surface area contributed by atoms with Crippen LogP contribution in [0.3, 0.4) is 0 Å². The molecule has 0 saturated heterocycles. The number of halogens is 2. The van der Waals surface area contributed by atoms with Gasteiger partial charge in [0.1, 0.15) is 17.1 Å². The van der Waals surface area contributed by atoms with Crippen molar-refractivity contribution in [3.8, 4) is 0 Å². The summed E-state index contributed by atoms with van der Waals surface area (Å²) in [5.74, 6) is -0.196. The highest BCUT2D eigenvalue weighted by Gasteiger charge is 2.27. The number of pyridine rings is 2. The Balaban J connectivity index is 2.17. The van der Waals surface area contributed by atoms with E-state index in [-0.39, 0.29) is 17.3 Å². The van der Waals surface area contributed by atoms with Gasteiger partial charge in [0.05, 0.1) is 35.3 Å². The maximum absolute atomic E-state index is 13.8. The molecule has 5 N–H and O–H groups in total. The van der Waals surface area contributed by atoms with E-state index in [2.05, 4.69) is 20.6 Å². The van der Waals surface area contributed by atoms with Crippen LogP contribution in [-0.4, -0.2) is 39.3 Å². The molecule has 2 aromatic rings. The number of alkyl halides is 1. The minimum Gasteiger partial charge on any atom is -0.387 e. The lowest BCUT2D eigenvalue weighted by atomic mass is 10.0. The second-order valence-electron chi connectivity index (χ2n) is 5.98. The van der Waals surface area contributed by atoms with Crippen molar-refractivity contribution in [3.05, 3.63) is 41.3 Å². The number of nitrogens with one attached hydrogen (secondary N) is 2. The molecule has 0 spiro atoms. The number of aromatic nitrogens is 2. The molecular weight excluding hydrogens is 349 g/mol. The zero-order valence-corrected chi connectivity index (χ0v) is 14.5. The number of nitrogens with two attached hydrogens (primary N) is 1. The Hall–Kier alpha value is -2.45. The van der Waals surface area contributed by atoms with Gasteiger partial charge >= 0.3 is 0 Å². The number of rotatable bonds is 6. The molecular formula is C16H19ClFN5O2. The van der Waals surface area contributed by atoms with E-state index in [1.54, 1.807) is 12.1 Å². The lowest BCUT2D eigenvalue weighted by Crippen LogP contribution is -2.42. The first-order valence-electron chi connectivity index (χ1n) is 7.45. The molecule has 7 nitrogen and oxygen atoms in total. The zero-order valence-electron chi connectivity index (χ0n) is 13.8. The second-order valence-corrected chi connectivity index (χ2v) is 6.37. The van der Waals surface area contributed by atoms with Crippen LogP contribution in [0.25, 0.3) is 0 Å². The lowest BCUT2D eigenvalue weighted by Gasteiger charge is -2.22. The Morgan fingerprint density at radius 1 is 1.40 bits per heavy atom. The quantitative estimate of drug-likeness (QED) is 0.583. The number of aliphatic hydroxyl groups is 1. The third-order valence-corrected chi connectivity index (χ3v) is 3.60. The van der Waals surface area contributed by atoms with E-state index in [1.807, 2.05) is 0 Å². The van der Waals surface area contributed by atoms with E-state index in [0.717, 1.165) is 0 Å². The fraction of sp³-hybridized carbons (Fsp3) is 0.312. The number of carbonyl (C=O) groups is 1. The van der Waals surface area contributed by atoms with E-state index >= 15 is 0 Å². The molecule has 0 radical (unpaired) electrons. The van der Waals surface area contributed by atoms with Crippen molar-refractivity contribution in [2.75, 3.05) is 17.6 Å². The van der Waals surface area contributed by atoms with Gasteiger partial charge in [-0.25, -0.2) is 14.4 Å². The van der Waals surface area contributed by atoms with Crippen LogP contribution in [0, 0.1) is 0 Å². The first-order valence-corrected chi connectivity index (χ1v) is 7.83.